The van der Waals surface area contributed by atoms with Crippen molar-refractivity contribution in [2.75, 3.05) is 23.9 Å². The second-order valence-corrected chi connectivity index (χ2v) is 5.53. The number of rotatable bonds is 6. The second-order valence-electron chi connectivity index (χ2n) is 5.53. The van der Waals surface area contributed by atoms with Gasteiger partial charge in [-0.1, -0.05) is 13.8 Å². The van der Waals surface area contributed by atoms with Gasteiger partial charge in [-0.15, -0.1) is 0 Å². The Morgan fingerprint density at radius 2 is 2.09 bits per heavy atom. The predicted molar refractivity (Wildman–Crippen MR) is 87.4 cm³/mol. The van der Waals surface area contributed by atoms with Gasteiger partial charge < -0.3 is 15.0 Å². The number of nitrogens with zero attached hydrogens (tertiary/aromatic N) is 1. The van der Waals surface area contributed by atoms with Crippen LogP contribution < -0.4 is 10.2 Å². The molecule has 1 aliphatic rings. The molecule has 0 unspecified atom stereocenters. The van der Waals surface area contributed by atoms with Crippen LogP contribution >= 0.6 is 0 Å². The van der Waals surface area contributed by atoms with E-state index in [-0.39, 0.29) is 11.9 Å². The Balaban J connectivity index is 2.38. The molecule has 0 aliphatic carbocycles. The Labute approximate surface area is 131 Å². The monoisotopic (exact) mass is 304 g/mol. The number of carbonyl (C=O) groups excluding carboxylic acids is 2. The first-order valence-electron chi connectivity index (χ1n) is 7.90. The maximum absolute atomic E-state index is 12.0. The minimum Gasteiger partial charge on any atom is -0.465 e. The van der Waals surface area contributed by atoms with E-state index in [0.717, 1.165) is 37.2 Å². The van der Waals surface area contributed by atoms with Crippen molar-refractivity contribution < 1.29 is 14.3 Å². The summed E-state index contributed by atoms with van der Waals surface area (Å²) in [6.45, 7) is 4.96. The molecule has 1 saturated heterocycles. The van der Waals surface area contributed by atoms with E-state index in [9.17, 15) is 9.59 Å². The maximum atomic E-state index is 12.0. The van der Waals surface area contributed by atoms with Crippen LogP contribution in [-0.4, -0.2) is 31.6 Å². The molecule has 0 saturated carbocycles. The van der Waals surface area contributed by atoms with Gasteiger partial charge in [-0.05, 0) is 37.5 Å². The van der Waals surface area contributed by atoms with Crippen LogP contribution in [0.5, 0.6) is 0 Å². The average Bonchev–Trinajstić information content (AvgIpc) is 2.97. The molecule has 1 fully saturated rings. The van der Waals surface area contributed by atoms with Gasteiger partial charge in [0.2, 0.25) is 5.91 Å². The summed E-state index contributed by atoms with van der Waals surface area (Å²) in [7, 11) is 1.37. The molecule has 0 atom stereocenters. The molecule has 22 heavy (non-hydrogen) atoms. The first-order chi connectivity index (χ1) is 10.6. The molecule has 1 aromatic rings. The average molecular weight is 304 g/mol. The Bertz CT molecular complexity index is 553. The standard InChI is InChI=1S/C17H24N2O3/c1-4-13(5-2)18-14-11-12(17(21)22-3)8-9-15(14)19-10-6-7-16(19)20/h8-9,11,13,18H,4-7,10H2,1-3H3. The van der Waals surface area contributed by atoms with Gasteiger partial charge in [0.1, 0.15) is 0 Å². The molecular formula is C17H24N2O3. The SMILES string of the molecule is CCC(CC)Nc1cc(C(=O)OC)ccc1N1CCCC1=O. The highest BCUT2D eigenvalue weighted by Crippen LogP contribution is 2.32. The summed E-state index contributed by atoms with van der Waals surface area (Å²) in [5.41, 5.74) is 2.17. The van der Waals surface area contributed by atoms with Crippen LogP contribution in [0, 0.1) is 0 Å². The van der Waals surface area contributed by atoms with Crippen molar-refractivity contribution in [3.8, 4) is 0 Å². The molecule has 0 bridgehead atoms. The number of nitrogens with one attached hydrogen (secondary N) is 1. The van der Waals surface area contributed by atoms with Crippen LogP contribution in [0.15, 0.2) is 18.2 Å². The molecule has 0 aromatic heterocycles. The molecule has 1 aliphatic heterocycles. The molecular weight excluding hydrogens is 280 g/mol. The van der Waals surface area contributed by atoms with E-state index in [1.165, 1.54) is 7.11 Å². The van der Waals surface area contributed by atoms with Crippen molar-refractivity contribution in [3.05, 3.63) is 23.8 Å². The van der Waals surface area contributed by atoms with Crippen molar-refractivity contribution in [2.45, 2.75) is 45.6 Å². The van der Waals surface area contributed by atoms with Crippen molar-refractivity contribution in [3.63, 3.8) is 0 Å². The zero-order chi connectivity index (χ0) is 16.1. The van der Waals surface area contributed by atoms with E-state index in [1.807, 2.05) is 6.07 Å². The summed E-state index contributed by atoms with van der Waals surface area (Å²) in [5.74, 6) is -0.231. The molecule has 120 valence electrons. The lowest BCUT2D eigenvalue weighted by Gasteiger charge is -2.24. The molecule has 1 N–H and O–H groups in total. The lowest BCUT2D eigenvalue weighted by molar-refractivity contribution is -0.117. The first-order valence-corrected chi connectivity index (χ1v) is 7.90. The van der Waals surface area contributed by atoms with Gasteiger partial charge >= 0.3 is 5.97 Å². The maximum Gasteiger partial charge on any atom is 0.337 e. The van der Waals surface area contributed by atoms with Gasteiger partial charge in [0, 0.05) is 19.0 Å². The van der Waals surface area contributed by atoms with Crippen LogP contribution in [0.3, 0.4) is 0 Å². The van der Waals surface area contributed by atoms with E-state index in [2.05, 4.69) is 19.2 Å². The third kappa shape index (κ3) is 3.40. The highest BCUT2D eigenvalue weighted by Gasteiger charge is 2.25. The smallest absolute Gasteiger partial charge is 0.337 e. The third-order valence-corrected chi connectivity index (χ3v) is 4.13. The van der Waals surface area contributed by atoms with Crippen LogP contribution in [0.2, 0.25) is 0 Å². The van der Waals surface area contributed by atoms with Crippen LogP contribution in [0.25, 0.3) is 0 Å². The third-order valence-electron chi connectivity index (χ3n) is 4.13. The fourth-order valence-corrected chi connectivity index (χ4v) is 2.75. The second kappa shape index (κ2) is 7.29. The number of anilines is 2. The number of hydrogen-bond acceptors (Lipinski definition) is 4. The number of ether oxygens (including phenoxy) is 1. The van der Waals surface area contributed by atoms with Gasteiger partial charge in [-0.3, -0.25) is 4.79 Å². The fourth-order valence-electron chi connectivity index (χ4n) is 2.75. The molecule has 1 aromatic carbocycles. The number of hydrogen-bond donors (Lipinski definition) is 1. The molecule has 0 spiro atoms. The Morgan fingerprint density at radius 1 is 1.36 bits per heavy atom. The number of carbonyl (C=O) groups is 2. The Kier molecular flexibility index (Phi) is 5.41. The predicted octanol–water partition coefficient (Wildman–Crippen LogP) is 3.20. The van der Waals surface area contributed by atoms with E-state index >= 15 is 0 Å². The van der Waals surface area contributed by atoms with Crippen molar-refractivity contribution in [2.24, 2.45) is 0 Å². The number of methoxy groups -OCH3 is 1. The van der Waals surface area contributed by atoms with Crippen molar-refractivity contribution >= 4 is 23.3 Å². The quantitative estimate of drug-likeness (QED) is 0.820. The number of amides is 1. The summed E-state index contributed by atoms with van der Waals surface area (Å²) in [4.78, 5) is 25.6. The molecule has 5 heteroatoms. The van der Waals surface area contributed by atoms with E-state index in [1.54, 1.807) is 17.0 Å². The summed E-state index contributed by atoms with van der Waals surface area (Å²) < 4.78 is 4.79. The molecule has 0 radical (unpaired) electrons. The number of benzene rings is 1. The minimum atomic E-state index is -0.369. The summed E-state index contributed by atoms with van der Waals surface area (Å²) >= 11 is 0. The topological polar surface area (TPSA) is 58.6 Å². The zero-order valence-electron chi connectivity index (χ0n) is 13.5. The highest BCUT2D eigenvalue weighted by atomic mass is 16.5. The molecule has 5 nitrogen and oxygen atoms in total. The van der Waals surface area contributed by atoms with Gasteiger partial charge in [0.15, 0.2) is 0 Å². The van der Waals surface area contributed by atoms with E-state index in [4.69, 9.17) is 4.74 Å². The van der Waals surface area contributed by atoms with Gasteiger partial charge in [0.05, 0.1) is 24.0 Å². The summed E-state index contributed by atoms with van der Waals surface area (Å²) in [6.07, 6.45) is 3.42. The normalized spacial score (nSPS) is 14.5. The van der Waals surface area contributed by atoms with Gasteiger partial charge in [0.25, 0.3) is 0 Å². The van der Waals surface area contributed by atoms with Gasteiger partial charge in [-0.25, -0.2) is 4.79 Å². The highest BCUT2D eigenvalue weighted by molar-refractivity contribution is 6.00. The van der Waals surface area contributed by atoms with E-state index in [0.29, 0.717) is 18.0 Å². The first kappa shape index (κ1) is 16.3. The Hall–Kier alpha value is -2.04. The van der Waals surface area contributed by atoms with Crippen LogP contribution in [0.1, 0.15) is 49.9 Å². The van der Waals surface area contributed by atoms with Crippen molar-refractivity contribution in [1.82, 2.24) is 0 Å². The lowest BCUT2D eigenvalue weighted by atomic mass is 10.1. The van der Waals surface area contributed by atoms with Crippen LogP contribution in [-0.2, 0) is 9.53 Å². The van der Waals surface area contributed by atoms with Crippen LogP contribution in [0.4, 0.5) is 11.4 Å². The minimum absolute atomic E-state index is 0.137. The largest absolute Gasteiger partial charge is 0.465 e. The van der Waals surface area contributed by atoms with Crippen molar-refractivity contribution in [1.29, 1.82) is 0 Å². The molecule has 1 heterocycles. The van der Waals surface area contributed by atoms with E-state index < -0.39 is 0 Å². The molecule has 1 amide bonds. The lowest BCUT2D eigenvalue weighted by Crippen LogP contribution is -2.26. The summed E-state index contributed by atoms with van der Waals surface area (Å²) in [6, 6.07) is 5.64. The fraction of sp³-hybridized carbons (Fsp3) is 0.529. The summed E-state index contributed by atoms with van der Waals surface area (Å²) in [5, 5.41) is 3.46. The zero-order valence-corrected chi connectivity index (χ0v) is 13.5. The van der Waals surface area contributed by atoms with Gasteiger partial charge in [-0.2, -0.15) is 0 Å². The Morgan fingerprint density at radius 3 is 2.64 bits per heavy atom. The molecule has 2 rings (SSSR count). The number of esters is 1.